The molecule has 8 heteroatoms. The van der Waals surface area contributed by atoms with Crippen LogP contribution in [0.5, 0.6) is 0 Å². The molecule has 1 aromatic carbocycles. The number of nitrogens with one attached hydrogen (secondary N) is 1. The molecule has 1 heterocycles. The maximum Gasteiger partial charge on any atom is 0.226 e. The number of hydrogen-bond acceptors (Lipinski definition) is 5. The topological polar surface area (TPSA) is 65.5 Å². The van der Waals surface area contributed by atoms with Crippen LogP contribution >= 0.6 is 34.5 Å². The molecule has 0 aliphatic heterocycles. The number of terminal acetylenes is 1. The molecule has 0 radical (unpaired) electrons. The van der Waals surface area contributed by atoms with Crippen LogP contribution in [0.3, 0.4) is 0 Å². The van der Waals surface area contributed by atoms with E-state index in [-0.39, 0.29) is 41.5 Å². The molecule has 2 N–H and O–H groups in total. The second-order valence-corrected chi connectivity index (χ2v) is 12.0. The third-order valence-corrected chi connectivity index (χ3v) is 9.47. The van der Waals surface area contributed by atoms with Gasteiger partial charge in [-0.05, 0) is 48.6 Å². The van der Waals surface area contributed by atoms with E-state index in [2.05, 4.69) is 25.1 Å². The lowest BCUT2D eigenvalue weighted by atomic mass is 9.53. The van der Waals surface area contributed by atoms with Crippen molar-refractivity contribution in [3.05, 3.63) is 38.8 Å². The van der Waals surface area contributed by atoms with Crippen molar-refractivity contribution in [1.82, 2.24) is 9.88 Å². The van der Waals surface area contributed by atoms with E-state index < -0.39 is 6.10 Å². The van der Waals surface area contributed by atoms with E-state index in [1.165, 1.54) is 4.88 Å². The molecule has 182 valence electrons. The summed E-state index contributed by atoms with van der Waals surface area (Å²) in [5.41, 5.74) is 1.61. The van der Waals surface area contributed by atoms with Crippen LogP contribution in [-0.2, 0) is 11.2 Å². The maximum atomic E-state index is 12.9. The Morgan fingerprint density at radius 2 is 2.12 bits per heavy atom. The minimum atomic E-state index is -0.587. The second kappa shape index (κ2) is 9.70. The third kappa shape index (κ3) is 4.44. The third-order valence-electron chi connectivity index (χ3n) is 7.85. The largest absolute Gasteiger partial charge is 0.392 e. The summed E-state index contributed by atoms with van der Waals surface area (Å²) in [6.45, 7) is 6.61. The zero-order valence-electron chi connectivity index (χ0n) is 19.9. The molecule has 2 aliphatic carbocycles. The van der Waals surface area contributed by atoms with E-state index in [1.807, 2.05) is 13.0 Å². The predicted molar refractivity (Wildman–Crippen MR) is 140 cm³/mol. The van der Waals surface area contributed by atoms with Crippen molar-refractivity contribution in [1.29, 1.82) is 0 Å². The summed E-state index contributed by atoms with van der Waals surface area (Å²) in [4.78, 5) is 20.6. The van der Waals surface area contributed by atoms with Crippen molar-refractivity contribution in [2.24, 2.45) is 23.2 Å². The minimum absolute atomic E-state index is 0.00785. The molecule has 4 rings (SSSR count). The highest BCUT2D eigenvalue weighted by Crippen LogP contribution is 2.57. The molecule has 5 nitrogen and oxygen atoms in total. The van der Waals surface area contributed by atoms with Gasteiger partial charge >= 0.3 is 0 Å². The Kier molecular flexibility index (Phi) is 7.22. The van der Waals surface area contributed by atoms with Crippen LogP contribution in [0.1, 0.15) is 50.1 Å². The number of fused-ring (bicyclic) bond motifs is 2. The van der Waals surface area contributed by atoms with Crippen LogP contribution in [0.15, 0.2) is 18.2 Å². The number of aliphatic hydroxyl groups excluding tert-OH is 1. The number of aromatic nitrogens is 1. The van der Waals surface area contributed by atoms with E-state index in [0.717, 1.165) is 30.1 Å². The zero-order valence-corrected chi connectivity index (χ0v) is 22.3. The minimum Gasteiger partial charge on any atom is -0.392 e. The molecule has 0 bridgehead atoms. The summed E-state index contributed by atoms with van der Waals surface area (Å²) in [6.07, 6.45) is 7.43. The number of carbonyl (C=O) groups is 1. The van der Waals surface area contributed by atoms with Gasteiger partial charge in [0.25, 0.3) is 0 Å². The van der Waals surface area contributed by atoms with Crippen LogP contribution in [0, 0.1) is 35.5 Å². The zero-order chi connectivity index (χ0) is 24.8. The summed E-state index contributed by atoms with van der Waals surface area (Å²) in [6, 6.07) is 5.40. The summed E-state index contributed by atoms with van der Waals surface area (Å²) >= 11 is 14.3. The molecule has 1 saturated carbocycles. The Hall–Kier alpha value is -1.78. The van der Waals surface area contributed by atoms with Gasteiger partial charge in [-0.1, -0.05) is 56.0 Å². The molecule has 0 saturated heterocycles. The Labute approximate surface area is 215 Å². The van der Waals surface area contributed by atoms with E-state index in [1.54, 1.807) is 35.4 Å². The Morgan fingerprint density at radius 1 is 1.44 bits per heavy atom. The molecule has 1 fully saturated rings. The van der Waals surface area contributed by atoms with Crippen LogP contribution in [0.2, 0.25) is 10.0 Å². The molecule has 0 spiro atoms. The highest BCUT2D eigenvalue weighted by atomic mass is 35.5. The summed E-state index contributed by atoms with van der Waals surface area (Å²) in [5.74, 6) is 2.20. The molecule has 1 aromatic heterocycles. The summed E-state index contributed by atoms with van der Waals surface area (Å²) in [7, 11) is 1.72. The van der Waals surface area contributed by atoms with Crippen molar-refractivity contribution in [3.63, 3.8) is 0 Å². The van der Waals surface area contributed by atoms with Gasteiger partial charge in [0.15, 0.2) is 5.13 Å². The van der Waals surface area contributed by atoms with E-state index in [0.29, 0.717) is 15.7 Å². The first-order chi connectivity index (χ1) is 16.1. The molecule has 34 heavy (non-hydrogen) atoms. The van der Waals surface area contributed by atoms with Crippen LogP contribution in [-0.4, -0.2) is 40.6 Å². The average Bonchev–Trinajstić information content (AvgIpc) is 3.18. The maximum absolute atomic E-state index is 12.9. The Bertz CT molecular complexity index is 1110. The monoisotopic (exact) mass is 519 g/mol. The van der Waals surface area contributed by atoms with Crippen LogP contribution in [0.25, 0.3) is 0 Å². The predicted octanol–water partition coefficient (Wildman–Crippen LogP) is 5.97. The smallest absolute Gasteiger partial charge is 0.226 e. The number of para-hydroxylation sites is 1. The normalized spacial score (nSPS) is 28.9. The number of benzene rings is 1. The number of carbonyl (C=O) groups excluding carboxylic acids is 1. The first-order valence-electron chi connectivity index (χ1n) is 11.6. The fraction of sp³-hybridized carbons (Fsp3) is 0.538. The van der Waals surface area contributed by atoms with Crippen molar-refractivity contribution >= 4 is 51.3 Å². The van der Waals surface area contributed by atoms with Gasteiger partial charge in [0, 0.05) is 23.8 Å². The first-order valence-corrected chi connectivity index (χ1v) is 13.2. The van der Waals surface area contributed by atoms with Crippen molar-refractivity contribution < 1.29 is 9.90 Å². The standard InChI is InChI=1S/C26H31Cl2N3O2S/c1-6-12-31(5)24(33)14(2)16-10-11-26(4)13-19-21(15(3)20(26)23(16)32)29-25(34-19)30-22-17(27)8-7-9-18(22)28/h1,7-9,14-16,20,23,32H,10-13H2,2-5H3,(H,29,30)/t14-,15+,16+,20+,23-,26+/m0/s1. The molecule has 6 atom stereocenters. The van der Waals surface area contributed by atoms with Crippen molar-refractivity contribution in [2.75, 3.05) is 18.9 Å². The lowest BCUT2D eigenvalue weighted by molar-refractivity contribution is -0.142. The second-order valence-electron chi connectivity index (χ2n) is 10.1. The average molecular weight is 521 g/mol. The molecule has 2 aromatic rings. The van der Waals surface area contributed by atoms with Gasteiger partial charge in [-0.3, -0.25) is 4.79 Å². The molecule has 1 amide bonds. The quantitative estimate of drug-likeness (QED) is 0.477. The number of nitrogens with zero attached hydrogens (tertiary/aromatic N) is 2. The van der Waals surface area contributed by atoms with E-state index in [4.69, 9.17) is 34.6 Å². The van der Waals surface area contributed by atoms with Crippen molar-refractivity contribution in [3.8, 4) is 12.3 Å². The fourth-order valence-corrected chi connectivity index (χ4v) is 7.83. The number of halogens is 2. The van der Waals surface area contributed by atoms with Crippen molar-refractivity contribution in [2.45, 2.75) is 52.1 Å². The van der Waals surface area contributed by atoms with Gasteiger partial charge < -0.3 is 15.3 Å². The molecular weight excluding hydrogens is 489 g/mol. The highest BCUT2D eigenvalue weighted by molar-refractivity contribution is 7.15. The lowest BCUT2D eigenvalue weighted by Crippen LogP contribution is -2.53. The van der Waals surface area contributed by atoms with E-state index in [9.17, 15) is 9.90 Å². The van der Waals surface area contributed by atoms with E-state index >= 15 is 0 Å². The van der Waals surface area contributed by atoms with Gasteiger partial charge in [0.05, 0.1) is 34.1 Å². The summed E-state index contributed by atoms with van der Waals surface area (Å²) in [5, 5.41) is 16.7. The Morgan fingerprint density at radius 3 is 2.76 bits per heavy atom. The fourth-order valence-electron chi connectivity index (χ4n) is 6.07. The summed E-state index contributed by atoms with van der Waals surface area (Å²) < 4.78 is 0. The number of aliphatic hydroxyl groups is 1. The van der Waals surface area contributed by atoms with Gasteiger partial charge in [0.1, 0.15) is 0 Å². The first kappa shape index (κ1) is 25.3. The van der Waals surface area contributed by atoms with Gasteiger partial charge in [-0.25, -0.2) is 4.98 Å². The molecule has 2 aliphatic rings. The number of amides is 1. The number of hydrogen-bond donors (Lipinski definition) is 2. The Balaban J connectivity index is 1.59. The van der Waals surface area contributed by atoms with Crippen LogP contribution < -0.4 is 5.32 Å². The lowest BCUT2D eigenvalue weighted by Gasteiger charge is -2.53. The van der Waals surface area contributed by atoms with Gasteiger partial charge in [-0.2, -0.15) is 0 Å². The molecular formula is C26H31Cl2N3O2S. The van der Waals surface area contributed by atoms with Gasteiger partial charge in [0.2, 0.25) is 5.91 Å². The SMILES string of the molecule is C#CCN(C)C(=O)[C@@H](C)[C@H]1CC[C@]2(C)Cc3sc(Nc4c(Cl)cccc4Cl)nc3[C@H](C)[C@@H]2[C@H]1O. The number of rotatable bonds is 5. The highest BCUT2D eigenvalue weighted by Gasteiger charge is 2.54. The van der Waals surface area contributed by atoms with Gasteiger partial charge in [-0.15, -0.1) is 17.8 Å². The number of anilines is 2. The number of thiazole rings is 1. The molecule has 0 unspecified atom stereocenters. The van der Waals surface area contributed by atoms with Crippen LogP contribution in [0.4, 0.5) is 10.8 Å².